The number of rotatable bonds is 11. The zero-order valence-electron chi connectivity index (χ0n) is 40.6. The molecular formula is C55H76O6. The molecule has 8 bridgehead atoms. The third-order valence-corrected chi connectivity index (χ3v) is 11.9. The molecule has 0 fully saturated rings. The molecule has 4 aromatic rings. The van der Waals surface area contributed by atoms with E-state index in [9.17, 15) is 4.79 Å². The Balaban J connectivity index is 2.00. The Morgan fingerprint density at radius 2 is 0.738 bits per heavy atom. The average molecular weight is 833 g/mol. The molecule has 0 unspecified atom stereocenters. The van der Waals surface area contributed by atoms with Gasteiger partial charge in [-0.1, -0.05) is 152 Å². The number of hydrogen-bond donors (Lipinski definition) is 0. The maximum atomic E-state index is 12.8. The third kappa shape index (κ3) is 11.5. The van der Waals surface area contributed by atoms with Crippen molar-refractivity contribution in [1.82, 2.24) is 0 Å². The van der Waals surface area contributed by atoms with Crippen molar-refractivity contribution in [2.24, 2.45) is 0 Å². The highest BCUT2D eigenvalue weighted by Gasteiger charge is 2.29. The number of fused-ring (bicyclic) bond motifs is 8. The van der Waals surface area contributed by atoms with Crippen molar-refractivity contribution in [2.45, 2.75) is 164 Å². The van der Waals surface area contributed by atoms with Crippen LogP contribution in [-0.4, -0.2) is 40.0 Å². The second-order valence-corrected chi connectivity index (χ2v) is 21.3. The van der Waals surface area contributed by atoms with Gasteiger partial charge in [0.2, 0.25) is 0 Å². The van der Waals surface area contributed by atoms with Crippen molar-refractivity contribution in [1.29, 1.82) is 0 Å². The predicted molar refractivity (Wildman–Crippen MR) is 252 cm³/mol. The van der Waals surface area contributed by atoms with Gasteiger partial charge in [-0.3, -0.25) is 0 Å². The van der Waals surface area contributed by atoms with E-state index in [1.807, 2.05) is 0 Å². The van der Waals surface area contributed by atoms with E-state index >= 15 is 0 Å². The average Bonchev–Trinajstić information content (AvgIpc) is 3.15. The summed E-state index contributed by atoms with van der Waals surface area (Å²) in [6.07, 6.45) is 5.23. The number of unbranched alkanes of at least 4 members (excludes halogenated alkanes) is 1. The highest BCUT2D eigenvalue weighted by molar-refractivity contribution is 5.71. The van der Waals surface area contributed by atoms with Crippen molar-refractivity contribution >= 4 is 5.97 Å². The third-order valence-electron chi connectivity index (χ3n) is 11.9. The fourth-order valence-electron chi connectivity index (χ4n) is 8.15. The van der Waals surface area contributed by atoms with Gasteiger partial charge in [0, 0.05) is 25.7 Å². The summed E-state index contributed by atoms with van der Waals surface area (Å²) in [5.41, 5.74) is 13.1. The second kappa shape index (κ2) is 18.9. The molecule has 1 aliphatic carbocycles. The van der Waals surface area contributed by atoms with Gasteiger partial charge in [0.05, 0.1) is 27.4 Å². The van der Waals surface area contributed by atoms with Crippen LogP contribution < -0.4 is 18.9 Å². The summed E-state index contributed by atoms with van der Waals surface area (Å²) < 4.78 is 32.1. The van der Waals surface area contributed by atoms with Crippen molar-refractivity contribution in [3.05, 3.63) is 115 Å². The number of methoxy groups -OCH3 is 2. The van der Waals surface area contributed by atoms with Gasteiger partial charge in [-0.15, -0.1) is 0 Å². The van der Waals surface area contributed by atoms with Gasteiger partial charge in [0.1, 0.15) is 23.0 Å². The number of hydrogen-bond acceptors (Lipinski definition) is 6. The summed E-state index contributed by atoms with van der Waals surface area (Å²) in [6.45, 7) is 32.7. The molecule has 0 aromatic heterocycles. The molecule has 332 valence electrons. The molecule has 0 amide bonds. The number of esters is 1. The number of ether oxygens (including phenoxy) is 5. The topological polar surface area (TPSA) is 63.2 Å². The number of carbonyl (C=O) groups excluding carboxylic acids is 1. The summed E-state index contributed by atoms with van der Waals surface area (Å²) in [6, 6.07) is 18.7. The molecule has 1 aliphatic rings. The maximum Gasteiger partial charge on any atom is 0.343 e. The smallest absolute Gasteiger partial charge is 0.343 e. The van der Waals surface area contributed by atoms with Crippen molar-refractivity contribution in [2.75, 3.05) is 34.0 Å². The molecular weight excluding hydrogens is 757 g/mol. The monoisotopic (exact) mass is 833 g/mol. The SMILES string of the molecule is CCCCOc1c2cc(C(C)(C)C)cc1Cc1cc(C(C)(C)C)cc(c1OCCC)Cc1cc(C(C)(C)C)cc(c1OCC(=O)OC)Cc1cc(C(C)(C)C)cc(c1OC)C2. The van der Waals surface area contributed by atoms with Crippen LogP contribution in [0.25, 0.3) is 0 Å². The molecule has 5 rings (SSSR count). The highest BCUT2D eigenvalue weighted by atomic mass is 16.6. The Bertz CT molecular complexity index is 2180. The Morgan fingerprint density at radius 3 is 1.00 bits per heavy atom. The largest absolute Gasteiger partial charge is 0.496 e. The van der Waals surface area contributed by atoms with E-state index in [0.29, 0.717) is 44.6 Å². The van der Waals surface area contributed by atoms with Gasteiger partial charge in [0.25, 0.3) is 0 Å². The Hall–Kier alpha value is -4.45. The van der Waals surface area contributed by atoms with Gasteiger partial charge >= 0.3 is 5.97 Å². The number of carbonyl (C=O) groups is 1. The second-order valence-electron chi connectivity index (χ2n) is 21.3. The summed E-state index contributed by atoms with van der Waals surface area (Å²) in [4.78, 5) is 12.8. The summed E-state index contributed by atoms with van der Waals surface area (Å²) in [5.74, 6) is 3.00. The zero-order valence-corrected chi connectivity index (χ0v) is 40.6. The van der Waals surface area contributed by atoms with E-state index in [4.69, 9.17) is 23.7 Å². The summed E-state index contributed by atoms with van der Waals surface area (Å²) in [7, 11) is 3.19. The molecule has 0 radical (unpaired) electrons. The van der Waals surface area contributed by atoms with Gasteiger partial charge < -0.3 is 23.7 Å². The Labute approximate surface area is 369 Å². The van der Waals surface area contributed by atoms with Crippen LogP contribution in [0.3, 0.4) is 0 Å². The van der Waals surface area contributed by atoms with Crippen LogP contribution in [0.4, 0.5) is 0 Å². The first-order valence-corrected chi connectivity index (χ1v) is 22.6. The molecule has 6 nitrogen and oxygen atoms in total. The van der Waals surface area contributed by atoms with E-state index in [0.717, 1.165) is 81.0 Å². The molecule has 6 heteroatoms. The quantitative estimate of drug-likeness (QED) is 0.0976. The standard InChI is InChI=1S/C55H76O6/c1-17-19-21-60-50-37-22-35-26-43(52(3,4)5)27-36(48(35)58-16)23-41-32-46(55(12,13)14)33-42(51(41)61-34-47(56)57-15)25-39-30-45(54(9,10)11)29-38(49(39)59-20-18-2)24-40(50)31-44(28-37)53(6,7)8/h26-33H,17-25,34H2,1-16H3. The molecule has 0 saturated heterocycles. The van der Waals surface area contributed by atoms with Crippen LogP contribution in [-0.2, 0) is 56.9 Å². The molecule has 0 saturated carbocycles. The van der Waals surface area contributed by atoms with Crippen LogP contribution in [0.1, 0.15) is 183 Å². The summed E-state index contributed by atoms with van der Waals surface area (Å²) in [5, 5.41) is 0. The molecule has 0 N–H and O–H groups in total. The molecule has 61 heavy (non-hydrogen) atoms. The Morgan fingerprint density at radius 1 is 0.443 bits per heavy atom. The molecule has 0 atom stereocenters. The number of benzene rings is 4. The molecule has 0 heterocycles. The first-order valence-electron chi connectivity index (χ1n) is 22.6. The van der Waals surface area contributed by atoms with Crippen LogP contribution in [0.2, 0.25) is 0 Å². The lowest BCUT2D eigenvalue weighted by Crippen LogP contribution is -2.19. The van der Waals surface area contributed by atoms with Crippen molar-refractivity contribution in [3.8, 4) is 23.0 Å². The molecule has 0 aliphatic heterocycles. The van der Waals surface area contributed by atoms with Crippen LogP contribution >= 0.6 is 0 Å². The van der Waals surface area contributed by atoms with Crippen LogP contribution in [0.5, 0.6) is 23.0 Å². The highest BCUT2D eigenvalue weighted by Crippen LogP contribution is 2.44. The fourth-order valence-corrected chi connectivity index (χ4v) is 8.15. The normalized spacial score (nSPS) is 13.4. The van der Waals surface area contributed by atoms with E-state index in [-0.39, 0.29) is 28.3 Å². The van der Waals surface area contributed by atoms with Crippen molar-refractivity contribution in [3.63, 3.8) is 0 Å². The summed E-state index contributed by atoms with van der Waals surface area (Å²) >= 11 is 0. The fraction of sp³-hybridized carbons (Fsp3) is 0.545. The van der Waals surface area contributed by atoms with Gasteiger partial charge in [0.15, 0.2) is 6.61 Å². The minimum Gasteiger partial charge on any atom is -0.496 e. The first-order chi connectivity index (χ1) is 28.5. The first kappa shape index (κ1) is 47.6. The Kier molecular flexibility index (Phi) is 14.7. The van der Waals surface area contributed by atoms with Crippen molar-refractivity contribution < 1.29 is 28.5 Å². The predicted octanol–water partition coefficient (Wildman–Crippen LogP) is 13.1. The van der Waals surface area contributed by atoms with E-state index in [1.54, 1.807) is 7.11 Å². The van der Waals surface area contributed by atoms with Gasteiger partial charge in [-0.2, -0.15) is 0 Å². The van der Waals surface area contributed by atoms with Crippen LogP contribution in [0.15, 0.2) is 48.5 Å². The molecule has 4 aromatic carbocycles. The van der Waals surface area contributed by atoms with Gasteiger partial charge in [-0.05, 0) is 101 Å². The molecule has 0 spiro atoms. The lowest BCUT2D eigenvalue weighted by Gasteiger charge is -2.29. The minimum atomic E-state index is -0.426. The van der Waals surface area contributed by atoms with Crippen LogP contribution in [0, 0.1) is 0 Å². The lowest BCUT2D eigenvalue weighted by molar-refractivity contribution is -0.142. The lowest BCUT2D eigenvalue weighted by atomic mass is 9.79. The van der Waals surface area contributed by atoms with E-state index < -0.39 is 5.97 Å². The van der Waals surface area contributed by atoms with E-state index in [2.05, 4.69) is 145 Å². The maximum absolute atomic E-state index is 12.8. The minimum absolute atomic E-state index is 0.108. The van der Waals surface area contributed by atoms with E-state index in [1.165, 1.54) is 29.4 Å². The van der Waals surface area contributed by atoms with Gasteiger partial charge in [-0.25, -0.2) is 4.79 Å². The zero-order chi connectivity index (χ0) is 45.1.